The van der Waals surface area contributed by atoms with Gasteiger partial charge in [0, 0.05) is 13.1 Å². The molecule has 114 valence electrons. The molecule has 0 radical (unpaired) electrons. The normalized spacial score (nSPS) is 19.1. The number of rotatable bonds is 4. The number of nitrogens with zero attached hydrogens (tertiary/aromatic N) is 1. The summed E-state index contributed by atoms with van der Waals surface area (Å²) in [5.74, 6) is -2.01. The number of aliphatic hydroxyl groups is 1. The van der Waals surface area contributed by atoms with Gasteiger partial charge in [0.05, 0.1) is 19.1 Å². The van der Waals surface area contributed by atoms with Crippen LogP contribution in [0.1, 0.15) is 26.2 Å². The molecule has 8 heteroatoms. The maximum atomic E-state index is 11.9. The highest BCUT2D eigenvalue weighted by atomic mass is 16.5. The second-order valence-corrected chi connectivity index (χ2v) is 5.10. The lowest BCUT2D eigenvalue weighted by Gasteiger charge is -2.36. The quantitative estimate of drug-likeness (QED) is 0.604. The van der Waals surface area contributed by atoms with Gasteiger partial charge >= 0.3 is 18.0 Å². The molecular formula is C12H20N2O6. The van der Waals surface area contributed by atoms with E-state index in [1.165, 1.54) is 4.90 Å². The summed E-state index contributed by atoms with van der Waals surface area (Å²) in [6.07, 6.45) is 0.424. The number of urea groups is 1. The lowest BCUT2D eigenvalue weighted by Crippen LogP contribution is -2.53. The van der Waals surface area contributed by atoms with Crippen LogP contribution in [0.15, 0.2) is 0 Å². The van der Waals surface area contributed by atoms with Crippen LogP contribution in [-0.4, -0.2) is 64.9 Å². The number of amides is 2. The SMILES string of the molecule is COC(=O)C[C@H](NC(=O)N1CCC(C)(O)CC1)C(=O)O. The topological polar surface area (TPSA) is 116 Å². The number of carbonyl (C=O) groups is 3. The Morgan fingerprint density at radius 1 is 1.35 bits per heavy atom. The highest BCUT2D eigenvalue weighted by molar-refractivity contribution is 5.86. The van der Waals surface area contributed by atoms with E-state index in [1.54, 1.807) is 6.92 Å². The van der Waals surface area contributed by atoms with Crippen LogP contribution in [-0.2, 0) is 14.3 Å². The monoisotopic (exact) mass is 288 g/mol. The summed E-state index contributed by atoms with van der Waals surface area (Å²) in [5, 5.41) is 21.0. The van der Waals surface area contributed by atoms with Gasteiger partial charge in [-0.25, -0.2) is 9.59 Å². The van der Waals surface area contributed by atoms with E-state index in [9.17, 15) is 19.5 Å². The maximum Gasteiger partial charge on any atom is 0.326 e. The van der Waals surface area contributed by atoms with Crippen molar-refractivity contribution in [3.8, 4) is 0 Å². The third kappa shape index (κ3) is 4.69. The molecule has 1 fully saturated rings. The minimum atomic E-state index is -1.32. The number of hydrogen-bond acceptors (Lipinski definition) is 5. The summed E-state index contributed by atoms with van der Waals surface area (Å²) in [4.78, 5) is 35.4. The van der Waals surface area contributed by atoms with Crippen molar-refractivity contribution in [1.29, 1.82) is 0 Å². The van der Waals surface area contributed by atoms with E-state index >= 15 is 0 Å². The number of aliphatic carboxylic acids is 1. The standard InChI is InChI=1S/C12H20N2O6/c1-12(19)3-5-14(6-4-12)11(18)13-8(10(16)17)7-9(15)20-2/h8,19H,3-7H2,1-2H3,(H,13,18)(H,16,17)/t8-/m0/s1. The zero-order valence-electron chi connectivity index (χ0n) is 11.6. The largest absolute Gasteiger partial charge is 0.480 e. The van der Waals surface area contributed by atoms with Gasteiger partial charge in [-0.05, 0) is 19.8 Å². The lowest BCUT2D eigenvalue weighted by molar-refractivity contribution is -0.147. The number of nitrogens with one attached hydrogen (secondary N) is 1. The van der Waals surface area contributed by atoms with Gasteiger partial charge in [0.2, 0.25) is 0 Å². The van der Waals surface area contributed by atoms with E-state index in [0.29, 0.717) is 25.9 Å². The molecular weight excluding hydrogens is 268 g/mol. The second kappa shape index (κ2) is 6.56. The van der Waals surface area contributed by atoms with Crippen molar-refractivity contribution in [3.63, 3.8) is 0 Å². The minimum absolute atomic E-state index is 0.337. The van der Waals surface area contributed by atoms with Crippen molar-refractivity contribution in [2.45, 2.75) is 37.8 Å². The molecule has 20 heavy (non-hydrogen) atoms. The van der Waals surface area contributed by atoms with E-state index in [4.69, 9.17) is 5.11 Å². The zero-order valence-corrected chi connectivity index (χ0v) is 11.6. The van der Waals surface area contributed by atoms with Crippen LogP contribution < -0.4 is 5.32 Å². The third-order valence-corrected chi connectivity index (χ3v) is 3.32. The average Bonchev–Trinajstić information content (AvgIpc) is 2.37. The highest BCUT2D eigenvalue weighted by Crippen LogP contribution is 2.21. The van der Waals surface area contributed by atoms with E-state index < -0.39 is 36.0 Å². The molecule has 1 saturated heterocycles. The molecule has 2 amide bonds. The van der Waals surface area contributed by atoms with Gasteiger partial charge in [0.25, 0.3) is 0 Å². The number of esters is 1. The van der Waals surface area contributed by atoms with E-state index in [2.05, 4.69) is 10.1 Å². The highest BCUT2D eigenvalue weighted by Gasteiger charge is 2.31. The van der Waals surface area contributed by atoms with Crippen LogP contribution in [0.25, 0.3) is 0 Å². The van der Waals surface area contributed by atoms with Crippen molar-refractivity contribution in [2.24, 2.45) is 0 Å². The maximum absolute atomic E-state index is 11.9. The Morgan fingerprint density at radius 2 is 1.90 bits per heavy atom. The number of hydrogen-bond donors (Lipinski definition) is 3. The molecule has 0 bridgehead atoms. The predicted molar refractivity (Wildman–Crippen MR) is 68.0 cm³/mol. The Morgan fingerprint density at radius 3 is 2.35 bits per heavy atom. The molecule has 0 saturated carbocycles. The zero-order chi connectivity index (χ0) is 15.3. The molecule has 0 aromatic heterocycles. The van der Waals surface area contributed by atoms with Crippen molar-refractivity contribution in [1.82, 2.24) is 10.2 Å². The summed E-state index contributed by atoms with van der Waals surface area (Å²) >= 11 is 0. The predicted octanol–water partition coefficient (Wildman–Crippen LogP) is -0.441. The van der Waals surface area contributed by atoms with Crippen molar-refractivity contribution in [3.05, 3.63) is 0 Å². The number of methoxy groups -OCH3 is 1. The molecule has 3 N–H and O–H groups in total. The van der Waals surface area contributed by atoms with Gasteiger partial charge in [0.1, 0.15) is 6.04 Å². The van der Waals surface area contributed by atoms with Crippen molar-refractivity contribution < 1.29 is 29.3 Å². The molecule has 1 atom stereocenters. The van der Waals surface area contributed by atoms with Crippen LogP contribution in [0.3, 0.4) is 0 Å². The average molecular weight is 288 g/mol. The lowest BCUT2D eigenvalue weighted by atomic mass is 9.94. The van der Waals surface area contributed by atoms with Gasteiger partial charge in [-0.3, -0.25) is 4.79 Å². The number of carboxylic acid groups (broad SMARTS) is 1. The molecule has 8 nitrogen and oxygen atoms in total. The molecule has 0 aromatic rings. The molecule has 1 aliphatic rings. The molecule has 0 unspecified atom stereocenters. The molecule has 0 aliphatic carbocycles. The first-order valence-electron chi connectivity index (χ1n) is 6.32. The van der Waals surface area contributed by atoms with Crippen LogP contribution in [0.2, 0.25) is 0 Å². The third-order valence-electron chi connectivity index (χ3n) is 3.32. The first-order valence-corrected chi connectivity index (χ1v) is 6.32. The van der Waals surface area contributed by atoms with Gasteiger partial charge in [-0.15, -0.1) is 0 Å². The van der Waals surface area contributed by atoms with Gasteiger partial charge in [-0.1, -0.05) is 0 Å². The fourth-order valence-electron chi connectivity index (χ4n) is 1.88. The summed E-state index contributed by atoms with van der Waals surface area (Å²) in [7, 11) is 1.15. The van der Waals surface area contributed by atoms with Gasteiger partial charge < -0.3 is 25.2 Å². The second-order valence-electron chi connectivity index (χ2n) is 5.10. The summed E-state index contributed by atoms with van der Waals surface area (Å²) < 4.78 is 4.38. The Hall–Kier alpha value is -1.83. The summed E-state index contributed by atoms with van der Waals surface area (Å²) in [5.41, 5.74) is -0.797. The van der Waals surface area contributed by atoms with E-state index in [1.807, 2.05) is 0 Å². The van der Waals surface area contributed by atoms with Crippen LogP contribution in [0.4, 0.5) is 4.79 Å². The van der Waals surface area contributed by atoms with Gasteiger partial charge in [0.15, 0.2) is 0 Å². The summed E-state index contributed by atoms with van der Waals surface area (Å²) in [6.45, 7) is 2.37. The number of likely N-dealkylation sites (tertiary alicyclic amines) is 1. The number of carbonyl (C=O) groups excluding carboxylic acids is 2. The van der Waals surface area contributed by atoms with Gasteiger partial charge in [-0.2, -0.15) is 0 Å². The van der Waals surface area contributed by atoms with Crippen LogP contribution >= 0.6 is 0 Å². The first-order chi connectivity index (χ1) is 9.25. The number of carboxylic acids is 1. The molecule has 0 aromatic carbocycles. The number of ether oxygens (including phenoxy) is 1. The molecule has 0 spiro atoms. The van der Waals surface area contributed by atoms with Crippen LogP contribution in [0.5, 0.6) is 0 Å². The van der Waals surface area contributed by atoms with E-state index in [0.717, 1.165) is 7.11 Å². The molecule has 1 heterocycles. The first kappa shape index (κ1) is 16.2. The smallest absolute Gasteiger partial charge is 0.326 e. The minimum Gasteiger partial charge on any atom is -0.480 e. The number of piperidine rings is 1. The molecule has 1 aliphatic heterocycles. The molecule has 1 rings (SSSR count). The Kier molecular flexibility index (Phi) is 5.32. The van der Waals surface area contributed by atoms with Crippen molar-refractivity contribution in [2.75, 3.05) is 20.2 Å². The van der Waals surface area contributed by atoms with E-state index in [-0.39, 0.29) is 0 Å². The Labute approximate surface area is 116 Å². The van der Waals surface area contributed by atoms with Crippen molar-refractivity contribution >= 4 is 18.0 Å². The fourth-order valence-corrected chi connectivity index (χ4v) is 1.88. The Bertz CT molecular complexity index is 385. The van der Waals surface area contributed by atoms with Crippen LogP contribution in [0, 0.1) is 0 Å². The Balaban J connectivity index is 2.54. The summed E-state index contributed by atoms with van der Waals surface area (Å²) in [6, 6.07) is -1.88. The fraction of sp³-hybridized carbons (Fsp3) is 0.750.